The molecule has 0 aromatic carbocycles. The third kappa shape index (κ3) is 3.10. The van der Waals surface area contributed by atoms with Crippen molar-refractivity contribution in [3.63, 3.8) is 0 Å². The molecule has 0 fully saturated rings. The number of pyridine rings is 1. The second-order valence-corrected chi connectivity index (χ2v) is 3.77. The molecule has 16 heavy (non-hydrogen) atoms. The molecule has 1 aromatic heterocycles. The van der Waals surface area contributed by atoms with E-state index in [1.807, 2.05) is 24.0 Å². The van der Waals surface area contributed by atoms with Gasteiger partial charge in [0, 0.05) is 18.8 Å². The van der Waals surface area contributed by atoms with E-state index in [2.05, 4.69) is 18.8 Å². The summed E-state index contributed by atoms with van der Waals surface area (Å²) in [5.41, 5.74) is 0. The molecule has 0 radical (unpaired) electrons. The van der Waals surface area contributed by atoms with Crippen LogP contribution >= 0.6 is 0 Å². The van der Waals surface area contributed by atoms with Crippen LogP contribution < -0.4 is 9.64 Å². The van der Waals surface area contributed by atoms with E-state index in [-0.39, 0.29) is 12.6 Å². The van der Waals surface area contributed by atoms with Crippen LogP contribution in [0, 0.1) is 0 Å². The van der Waals surface area contributed by atoms with Crippen LogP contribution in [0.1, 0.15) is 20.8 Å². The van der Waals surface area contributed by atoms with E-state index in [1.165, 1.54) is 0 Å². The molecule has 1 N–H and O–H groups in total. The van der Waals surface area contributed by atoms with Gasteiger partial charge in [0.15, 0.2) is 11.6 Å². The second-order valence-electron chi connectivity index (χ2n) is 3.77. The number of anilines is 1. The minimum atomic E-state index is 0.111. The van der Waals surface area contributed by atoms with Crippen molar-refractivity contribution >= 4 is 5.82 Å². The summed E-state index contributed by atoms with van der Waals surface area (Å²) >= 11 is 0. The molecule has 0 aliphatic carbocycles. The first-order valence-corrected chi connectivity index (χ1v) is 5.66. The van der Waals surface area contributed by atoms with Gasteiger partial charge in [0.2, 0.25) is 0 Å². The van der Waals surface area contributed by atoms with Crippen LogP contribution in [0.25, 0.3) is 0 Å². The molecule has 4 heteroatoms. The van der Waals surface area contributed by atoms with E-state index in [0.717, 1.165) is 11.6 Å². The Morgan fingerprint density at radius 2 is 2.25 bits per heavy atom. The molecule has 4 nitrogen and oxygen atoms in total. The molecular weight excluding hydrogens is 204 g/mol. The van der Waals surface area contributed by atoms with Gasteiger partial charge in [0.1, 0.15) is 0 Å². The van der Waals surface area contributed by atoms with Gasteiger partial charge in [-0.05, 0) is 32.9 Å². The standard InChI is InChI=1S/C12H20N2O2/c1-4-16-11-6-5-7-13-12(11)14(8-9-15)10(2)3/h5-7,10,15H,4,8-9H2,1-3H3. The molecule has 0 bridgehead atoms. The van der Waals surface area contributed by atoms with Crippen LogP contribution in [0.5, 0.6) is 5.75 Å². The molecule has 1 rings (SSSR count). The zero-order valence-corrected chi connectivity index (χ0v) is 10.2. The largest absolute Gasteiger partial charge is 0.490 e. The Kier molecular flexibility index (Phi) is 5.05. The summed E-state index contributed by atoms with van der Waals surface area (Å²) in [5, 5.41) is 9.06. The Morgan fingerprint density at radius 3 is 2.81 bits per heavy atom. The van der Waals surface area contributed by atoms with Crippen molar-refractivity contribution in [1.82, 2.24) is 4.98 Å². The maximum atomic E-state index is 9.06. The van der Waals surface area contributed by atoms with Crippen molar-refractivity contribution in [1.29, 1.82) is 0 Å². The minimum Gasteiger partial charge on any atom is -0.490 e. The number of aliphatic hydroxyl groups is 1. The summed E-state index contributed by atoms with van der Waals surface area (Å²) in [5.74, 6) is 1.57. The lowest BCUT2D eigenvalue weighted by Gasteiger charge is -2.28. The summed E-state index contributed by atoms with van der Waals surface area (Å²) in [4.78, 5) is 6.36. The highest BCUT2D eigenvalue weighted by molar-refractivity contribution is 5.52. The number of rotatable bonds is 6. The second kappa shape index (κ2) is 6.33. The highest BCUT2D eigenvalue weighted by Gasteiger charge is 2.15. The fourth-order valence-electron chi connectivity index (χ4n) is 1.58. The predicted molar refractivity (Wildman–Crippen MR) is 65.0 cm³/mol. The first-order valence-electron chi connectivity index (χ1n) is 5.66. The summed E-state index contributed by atoms with van der Waals surface area (Å²) in [6, 6.07) is 4.03. The van der Waals surface area contributed by atoms with Crippen LogP contribution in [0.3, 0.4) is 0 Å². The minimum absolute atomic E-state index is 0.111. The summed E-state index contributed by atoms with van der Waals surface area (Å²) in [6.07, 6.45) is 1.74. The number of aromatic nitrogens is 1. The van der Waals surface area contributed by atoms with Crippen molar-refractivity contribution in [2.24, 2.45) is 0 Å². The van der Waals surface area contributed by atoms with Crippen LogP contribution in [-0.4, -0.2) is 35.9 Å². The van der Waals surface area contributed by atoms with Gasteiger partial charge in [-0.3, -0.25) is 0 Å². The fourth-order valence-corrected chi connectivity index (χ4v) is 1.58. The quantitative estimate of drug-likeness (QED) is 0.798. The number of hydrogen-bond donors (Lipinski definition) is 1. The molecule has 0 spiro atoms. The van der Waals surface area contributed by atoms with Crippen LogP contribution in [0.2, 0.25) is 0 Å². The van der Waals surface area contributed by atoms with Gasteiger partial charge in [0.25, 0.3) is 0 Å². The zero-order valence-electron chi connectivity index (χ0n) is 10.2. The lowest BCUT2D eigenvalue weighted by molar-refractivity contribution is 0.296. The number of ether oxygens (including phenoxy) is 1. The average Bonchev–Trinajstić information content (AvgIpc) is 2.27. The van der Waals surface area contributed by atoms with Crippen LogP contribution in [0.15, 0.2) is 18.3 Å². The zero-order chi connectivity index (χ0) is 12.0. The van der Waals surface area contributed by atoms with Gasteiger partial charge in [0.05, 0.1) is 13.2 Å². The van der Waals surface area contributed by atoms with Crippen molar-refractivity contribution in [2.75, 3.05) is 24.7 Å². The molecule has 0 saturated carbocycles. The van der Waals surface area contributed by atoms with Crippen molar-refractivity contribution in [2.45, 2.75) is 26.8 Å². The van der Waals surface area contributed by atoms with Crippen molar-refractivity contribution in [3.05, 3.63) is 18.3 Å². The Morgan fingerprint density at radius 1 is 1.50 bits per heavy atom. The first-order chi connectivity index (χ1) is 7.70. The summed E-state index contributed by atoms with van der Waals surface area (Å²) in [6.45, 7) is 7.38. The van der Waals surface area contributed by atoms with E-state index in [9.17, 15) is 0 Å². The Bertz CT molecular complexity index is 316. The molecule has 1 heterocycles. The lowest BCUT2D eigenvalue weighted by Crippen LogP contribution is -2.34. The fraction of sp³-hybridized carbons (Fsp3) is 0.583. The highest BCUT2D eigenvalue weighted by atomic mass is 16.5. The number of nitrogens with zero attached hydrogens (tertiary/aromatic N) is 2. The molecule has 0 aliphatic heterocycles. The SMILES string of the molecule is CCOc1cccnc1N(CCO)C(C)C. The third-order valence-electron chi connectivity index (χ3n) is 2.29. The van der Waals surface area contributed by atoms with E-state index < -0.39 is 0 Å². The maximum absolute atomic E-state index is 9.06. The Hall–Kier alpha value is -1.29. The van der Waals surface area contributed by atoms with E-state index in [0.29, 0.717) is 13.2 Å². The summed E-state index contributed by atoms with van der Waals surface area (Å²) in [7, 11) is 0. The first kappa shape index (κ1) is 12.8. The predicted octanol–water partition coefficient (Wildman–Crippen LogP) is 1.69. The van der Waals surface area contributed by atoms with E-state index >= 15 is 0 Å². The molecule has 0 atom stereocenters. The summed E-state index contributed by atoms with van der Waals surface area (Å²) < 4.78 is 5.53. The van der Waals surface area contributed by atoms with Gasteiger partial charge >= 0.3 is 0 Å². The molecule has 1 aromatic rings. The van der Waals surface area contributed by atoms with Gasteiger partial charge in [-0.15, -0.1) is 0 Å². The van der Waals surface area contributed by atoms with Crippen LogP contribution in [0.4, 0.5) is 5.82 Å². The Labute approximate surface area is 96.9 Å². The molecule has 0 unspecified atom stereocenters. The van der Waals surface area contributed by atoms with Crippen molar-refractivity contribution in [3.8, 4) is 5.75 Å². The molecular formula is C12H20N2O2. The highest BCUT2D eigenvalue weighted by Crippen LogP contribution is 2.26. The molecule has 90 valence electrons. The normalized spacial score (nSPS) is 10.6. The molecule has 0 amide bonds. The Balaban J connectivity index is 2.97. The van der Waals surface area contributed by atoms with E-state index in [4.69, 9.17) is 9.84 Å². The topological polar surface area (TPSA) is 45.6 Å². The van der Waals surface area contributed by atoms with E-state index in [1.54, 1.807) is 6.20 Å². The molecule has 0 saturated heterocycles. The van der Waals surface area contributed by atoms with Gasteiger partial charge in [-0.25, -0.2) is 4.98 Å². The average molecular weight is 224 g/mol. The lowest BCUT2D eigenvalue weighted by atomic mass is 10.3. The third-order valence-corrected chi connectivity index (χ3v) is 2.29. The molecule has 0 aliphatic rings. The van der Waals surface area contributed by atoms with Gasteiger partial charge < -0.3 is 14.7 Å². The van der Waals surface area contributed by atoms with Gasteiger partial charge in [-0.2, -0.15) is 0 Å². The van der Waals surface area contributed by atoms with Crippen LogP contribution in [-0.2, 0) is 0 Å². The van der Waals surface area contributed by atoms with Crippen molar-refractivity contribution < 1.29 is 9.84 Å². The number of hydrogen-bond acceptors (Lipinski definition) is 4. The maximum Gasteiger partial charge on any atom is 0.171 e. The smallest absolute Gasteiger partial charge is 0.171 e. The number of aliphatic hydroxyl groups excluding tert-OH is 1. The van der Waals surface area contributed by atoms with Gasteiger partial charge in [-0.1, -0.05) is 0 Å². The monoisotopic (exact) mass is 224 g/mol.